The van der Waals surface area contributed by atoms with Crippen LogP contribution in [0.4, 0.5) is 0 Å². The van der Waals surface area contributed by atoms with E-state index in [-0.39, 0.29) is 11.4 Å². The SMILES string of the molecule is COc1ccc(C2=C(C)/C(=C/C=C(C)/C=C/C3=C(C)CCCC3(C)C)OC2=O)cc1. The molecular formula is C27H32O3. The average Bonchev–Trinajstić information content (AvgIpc) is 2.99. The molecule has 0 N–H and O–H groups in total. The van der Waals surface area contributed by atoms with Crippen LogP contribution in [0.5, 0.6) is 5.75 Å². The zero-order valence-corrected chi connectivity index (χ0v) is 19.0. The Balaban J connectivity index is 1.81. The van der Waals surface area contributed by atoms with Gasteiger partial charge in [0.25, 0.3) is 0 Å². The first-order valence-corrected chi connectivity index (χ1v) is 10.6. The highest BCUT2D eigenvalue weighted by Crippen LogP contribution is 2.41. The fraction of sp³-hybridized carbons (Fsp3) is 0.370. The number of hydrogen-bond donors (Lipinski definition) is 0. The van der Waals surface area contributed by atoms with Crippen molar-refractivity contribution in [1.82, 2.24) is 0 Å². The molecule has 1 aromatic carbocycles. The van der Waals surface area contributed by atoms with Gasteiger partial charge in [0, 0.05) is 5.57 Å². The Bertz CT molecular complexity index is 979. The van der Waals surface area contributed by atoms with Gasteiger partial charge in [-0.25, -0.2) is 4.79 Å². The van der Waals surface area contributed by atoms with Crippen molar-refractivity contribution in [1.29, 1.82) is 0 Å². The Kier molecular flexibility index (Phi) is 6.50. The van der Waals surface area contributed by atoms with Crippen LogP contribution in [0, 0.1) is 5.41 Å². The lowest BCUT2D eigenvalue weighted by Crippen LogP contribution is -2.19. The normalized spacial score (nSPS) is 21.1. The van der Waals surface area contributed by atoms with Gasteiger partial charge in [-0.15, -0.1) is 0 Å². The molecule has 0 radical (unpaired) electrons. The summed E-state index contributed by atoms with van der Waals surface area (Å²) in [6, 6.07) is 7.47. The summed E-state index contributed by atoms with van der Waals surface area (Å²) in [5.41, 5.74) is 6.57. The van der Waals surface area contributed by atoms with Crippen LogP contribution >= 0.6 is 0 Å². The molecule has 3 rings (SSSR count). The van der Waals surface area contributed by atoms with E-state index in [1.807, 2.05) is 43.3 Å². The molecule has 1 aliphatic carbocycles. The second kappa shape index (κ2) is 8.91. The molecule has 0 atom stereocenters. The zero-order chi connectivity index (χ0) is 21.9. The Morgan fingerprint density at radius 1 is 1.17 bits per heavy atom. The standard InChI is InChI=1S/C27H32O3/c1-18(9-15-23-19(2)8-7-17-27(23,4)5)10-16-24-20(3)25(26(28)30-24)21-11-13-22(29-6)14-12-21/h9-16H,7-8,17H2,1-6H3/b15-9+,18-10+,24-16-. The molecular weight excluding hydrogens is 372 g/mol. The minimum atomic E-state index is -0.310. The highest BCUT2D eigenvalue weighted by molar-refractivity contribution is 6.21. The maximum absolute atomic E-state index is 12.4. The lowest BCUT2D eigenvalue weighted by Gasteiger charge is -2.32. The van der Waals surface area contributed by atoms with E-state index in [0.29, 0.717) is 11.3 Å². The molecule has 0 unspecified atom stereocenters. The van der Waals surface area contributed by atoms with Gasteiger partial charge in [0.2, 0.25) is 0 Å². The fourth-order valence-electron chi connectivity index (χ4n) is 4.24. The van der Waals surface area contributed by atoms with Crippen molar-refractivity contribution in [2.45, 2.75) is 53.9 Å². The van der Waals surface area contributed by atoms with E-state index in [9.17, 15) is 4.79 Å². The van der Waals surface area contributed by atoms with Crippen LogP contribution in [0.1, 0.15) is 59.4 Å². The molecule has 0 amide bonds. The molecule has 2 aliphatic rings. The van der Waals surface area contributed by atoms with Gasteiger partial charge in [-0.1, -0.05) is 55.4 Å². The molecule has 0 aromatic heterocycles. The van der Waals surface area contributed by atoms with E-state index in [2.05, 4.69) is 39.8 Å². The summed E-state index contributed by atoms with van der Waals surface area (Å²) >= 11 is 0. The van der Waals surface area contributed by atoms with Gasteiger partial charge in [0.05, 0.1) is 12.7 Å². The van der Waals surface area contributed by atoms with Crippen LogP contribution in [0.3, 0.4) is 0 Å². The minimum Gasteiger partial charge on any atom is -0.497 e. The van der Waals surface area contributed by atoms with E-state index >= 15 is 0 Å². The Morgan fingerprint density at radius 2 is 1.87 bits per heavy atom. The van der Waals surface area contributed by atoms with Gasteiger partial charge < -0.3 is 9.47 Å². The molecule has 30 heavy (non-hydrogen) atoms. The van der Waals surface area contributed by atoms with Crippen molar-refractivity contribution in [2.75, 3.05) is 7.11 Å². The molecule has 0 saturated carbocycles. The topological polar surface area (TPSA) is 35.5 Å². The Labute approximate surface area is 180 Å². The van der Waals surface area contributed by atoms with Gasteiger partial charge in [0.1, 0.15) is 11.5 Å². The second-order valence-electron chi connectivity index (χ2n) is 8.82. The first kappa shape index (κ1) is 21.9. The lowest BCUT2D eigenvalue weighted by molar-refractivity contribution is -0.131. The van der Waals surface area contributed by atoms with Crippen LogP contribution in [-0.4, -0.2) is 13.1 Å². The van der Waals surface area contributed by atoms with Crippen molar-refractivity contribution < 1.29 is 14.3 Å². The molecule has 0 bridgehead atoms. The maximum atomic E-state index is 12.4. The highest BCUT2D eigenvalue weighted by atomic mass is 16.5. The molecule has 0 saturated heterocycles. The first-order valence-electron chi connectivity index (χ1n) is 10.6. The Morgan fingerprint density at radius 3 is 2.50 bits per heavy atom. The number of esters is 1. The van der Waals surface area contributed by atoms with Gasteiger partial charge in [-0.2, -0.15) is 0 Å². The summed E-state index contributed by atoms with van der Waals surface area (Å²) < 4.78 is 10.7. The van der Waals surface area contributed by atoms with Crippen LogP contribution in [0.25, 0.3) is 5.57 Å². The van der Waals surface area contributed by atoms with Gasteiger partial charge in [0.15, 0.2) is 0 Å². The number of methoxy groups -OCH3 is 1. The van der Waals surface area contributed by atoms with E-state index in [4.69, 9.17) is 9.47 Å². The van der Waals surface area contributed by atoms with E-state index < -0.39 is 0 Å². The number of ether oxygens (including phenoxy) is 2. The molecule has 0 fully saturated rings. The van der Waals surface area contributed by atoms with Crippen molar-refractivity contribution in [3.05, 3.63) is 82.2 Å². The average molecular weight is 405 g/mol. The van der Waals surface area contributed by atoms with Crippen LogP contribution in [0.15, 0.2) is 76.6 Å². The van der Waals surface area contributed by atoms with Gasteiger partial charge in [-0.3, -0.25) is 0 Å². The number of cyclic esters (lactones) is 1. The third kappa shape index (κ3) is 4.67. The van der Waals surface area contributed by atoms with Crippen molar-refractivity contribution in [3.8, 4) is 5.75 Å². The highest BCUT2D eigenvalue weighted by Gasteiger charge is 2.28. The van der Waals surface area contributed by atoms with Crippen molar-refractivity contribution >= 4 is 11.5 Å². The number of hydrogen-bond acceptors (Lipinski definition) is 3. The molecule has 1 aromatic rings. The van der Waals surface area contributed by atoms with E-state index in [1.54, 1.807) is 7.11 Å². The molecule has 0 spiro atoms. The summed E-state index contributed by atoms with van der Waals surface area (Å²) in [4.78, 5) is 12.4. The molecule has 158 valence electrons. The van der Waals surface area contributed by atoms with Crippen molar-refractivity contribution in [3.63, 3.8) is 0 Å². The van der Waals surface area contributed by atoms with Crippen molar-refractivity contribution in [2.24, 2.45) is 5.41 Å². The quantitative estimate of drug-likeness (QED) is 0.394. The molecule has 1 heterocycles. The third-order valence-corrected chi connectivity index (χ3v) is 6.08. The van der Waals surface area contributed by atoms with Gasteiger partial charge in [-0.05, 0) is 74.8 Å². The van der Waals surface area contributed by atoms with Crippen LogP contribution < -0.4 is 4.74 Å². The molecule has 1 aliphatic heterocycles. The number of benzene rings is 1. The number of rotatable bonds is 5. The first-order chi connectivity index (χ1) is 14.2. The minimum absolute atomic E-state index is 0.227. The summed E-state index contributed by atoms with van der Waals surface area (Å²) in [5.74, 6) is 1.05. The lowest BCUT2D eigenvalue weighted by atomic mass is 9.72. The van der Waals surface area contributed by atoms with Crippen LogP contribution in [-0.2, 0) is 9.53 Å². The van der Waals surface area contributed by atoms with Crippen LogP contribution in [0.2, 0.25) is 0 Å². The third-order valence-electron chi connectivity index (χ3n) is 6.08. The Hall–Kier alpha value is -2.81. The summed E-state index contributed by atoms with van der Waals surface area (Å²) in [6.07, 6.45) is 12.0. The number of carbonyl (C=O) groups excluding carboxylic acids is 1. The molecule has 3 heteroatoms. The second-order valence-corrected chi connectivity index (χ2v) is 8.82. The smallest absolute Gasteiger partial charge is 0.344 e. The predicted octanol–water partition coefficient (Wildman–Crippen LogP) is 6.94. The number of allylic oxidation sites excluding steroid dienone is 8. The van der Waals surface area contributed by atoms with Gasteiger partial charge >= 0.3 is 5.97 Å². The monoisotopic (exact) mass is 404 g/mol. The fourth-order valence-corrected chi connectivity index (χ4v) is 4.24. The summed E-state index contributed by atoms with van der Waals surface area (Å²) in [7, 11) is 1.63. The summed E-state index contributed by atoms with van der Waals surface area (Å²) in [5, 5.41) is 0. The zero-order valence-electron chi connectivity index (χ0n) is 19.0. The summed E-state index contributed by atoms with van der Waals surface area (Å²) in [6.45, 7) is 10.9. The largest absolute Gasteiger partial charge is 0.497 e. The molecule has 3 nitrogen and oxygen atoms in total. The predicted molar refractivity (Wildman–Crippen MR) is 123 cm³/mol. The number of carbonyl (C=O) groups is 1. The van der Waals surface area contributed by atoms with E-state index in [0.717, 1.165) is 22.5 Å². The van der Waals surface area contributed by atoms with E-state index in [1.165, 1.54) is 30.4 Å². The maximum Gasteiger partial charge on any atom is 0.344 e.